The number of nitrogens with two attached hydrogens (primary N) is 1. The van der Waals surface area contributed by atoms with Crippen molar-refractivity contribution in [2.45, 2.75) is 0 Å². The van der Waals surface area contributed by atoms with Gasteiger partial charge in [0, 0.05) is 19.6 Å². The van der Waals surface area contributed by atoms with Gasteiger partial charge in [0.05, 0.1) is 5.70 Å². The van der Waals surface area contributed by atoms with Crippen LogP contribution in [-0.2, 0) is 0 Å². The number of hydrogen-bond acceptors (Lipinski definition) is 5. The molecule has 0 spiro atoms. The Hall–Kier alpha value is -0.940. The van der Waals surface area contributed by atoms with E-state index in [2.05, 4.69) is 15.5 Å². The van der Waals surface area contributed by atoms with E-state index in [0.717, 1.165) is 25.3 Å². The quantitative estimate of drug-likeness (QED) is 0.369. The van der Waals surface area contributed by atoms with E-state index in [-0.39, 0.29) is 6.73 Å². The van der Waals surface area contributed by atoms with Crippen LogP contribution in [0.5, 0.6) is 0 Å². The van der Waals surface area contributed by atoms with E-state index in [1.165, 1.54) is 0 Å². The summed E-state index contributed by atoms with van der Waals surface area (Å²) in [5, 5.41) is 14.4. The molecule has 5 N–H and O–H groups in total. The van der Waals surface area contributed by atoms with E-state index in [1.807, 2.05) is 7.05 Å². The monoisotopic (exact) mass is 172 g/mol. The highest BCUT2D eigenvalue weighted by Gasteiger charge is 2.11. The molecule has 0 bridgehead atoms. The number of aliphatic hydroxyl groups is 1. The zero-order valence-electron chi connectivity index (χ0n) is 7.30. The molecule has 1 rings (SSSR count). The molecule has 1 fully saturated rings. The summed E-state index contributed by atoms with van der Waals surface area (Å²) < 4.78 is 0. The summed E-state index contributed by atoms with van der Waals surface area (Å²) in [6.45, 7) is 2.61. The van der Waals surface area contributed by atoms with Crippen molar-refractivity contribution in [2.24, 2.45) is 5.73 Å². The lowest BCUT2D eigenvalue weighted by molar-refractivity contribution is 0.269. The van der Waals surface area contributed by atoms with Crippen molar-refractivity contribution in [3.8, 4) is 0 Å². The molecule has 1 aliphatic heterocycles. The Labute approximate surface area is 72.2 Å². The smallest absolute Gasteiger partial charge is 0.119 e. The average Bonchev–Trinajstić information content (AvgIpc) is 2.05. The molecular formula is C7H16N4O. The fourth-order valence-electron chi connectivity index (χ4n) is 1.17. The molecule has 1 heterocycles. The molecular weight excluding hydrogens is 156 g/mol. The van der Waals surface area contributed by atoms with E-state index in [9.17, 15) is 0 Å². The van der Waals surface area contributed by atoms with Crippen molar-refractivity contribution >= 4 is 0 Å². The first kappa shape index (κ1) is 9.15. The molecule has 0 radical (unpaired) electrons. The van der Waals surface area contributed by atoms with Crippen LogP contribution in [0, 0.1) is 0 Å². The number of nitrogens with zero attached hydrogens (tertiary/aromatic N) is 1. The molecule has 1 aliphatic rings. The van der Waals surface area contributed by atoms with Crippen molar-refractivity contribution in [1.29, 1.82) is 0 Å². The highest BCUT2D eigenvalue weighted by molar-refractivity contribution is 5.11. The largest absolute Gasteiger partial charge is 0.384 e. The second-order valence-corrected chi connectivity index (χ2v) is 2.89. The highest BCUT2D eigenvalue weighted by Crippen LogP contribution is 2.00. The summed E-state index contributed by atoms with van der Waals surface area (Å²) in [7, 11) is 2.03. The lowest BCUT2D eigenvalue weighted by Crippen LogP contribution is -2.43. The van der Waals surface area contributed by atoms with E-state index in [0.29, 0.717) is 5.82 Å². The molecule has 0 aromatic carbocycles. The van der Waals surface area contributed by atoms with Gasteiger partial charge >= 0.3 is 0 Å². The number of aliphatic hydroxyl groups excluding tert-OH is 1. The van der Waals surface area contributed by atoms with Crippen molar-refractivity contribution in [2.75, 3.05) is 33.4 Å². The van der Waals surface area contributed by atoms with Crippen LogP contribution in [0.2, 0.25) is 0 Å². The summed E-state index contributed by atoms with van der Waals surface area (Å²) in [4.78, 5) is 2.16. The van der Waals surface area contributed by atoms with Gasteiger partial charge < -0.3 is 21.5 Å². The lowest BCUT2D eigenvalue weighted by Gasteiger charge is -2.27. The van der Waals surface area contributed by atoms with Crippen LogP contribution >= 0.6 is 0 Å². The zero-order valence-corrected chi connectivity index (χ0v) is 7.30. The third-order valence-corrected chi connectivity index (χ3v) is 1.85. The van der Waals surface area contributed by atoms with Crippen molar-refractivity contribution in [3.63, 3.8) is 0 Å². The van der Waals surface area contributed by atoms with Gasteiger partial charge in [0.2, 0.25) is 0 Å². The van der Waals surface area contributed by atoms with E-state index in [1.54, 1.807) is 0 Å². The number of hydrogen-bond donors (Lipinski definition) is 4. The molecule has 1 saturated heterocycles. The molecule has 0 aromatic heterocycles. The van der Waals surface area contributed by atoms with Gasteiger partial charge in [-0.15, -0.1) is 0 Å². The van der Waals surface area contributed by atoms with E-state index >= 15 is 0 Å². The number of piperazine rings is 1. The van der Waals surface area contributed by atoms with Crippen LogP contribution in [-0.4, -0.2) is 43.4 Å². The predicted octanol–water partition coefficient (Wildman–Crippen LogP) is -1.81. The zero-order chi connectivity index (χ0) is 8.97. The van der Waals surface area contributed by atoms with Crippen molar-refractivity contribution < 1.29 is 5.11 Å². The second kappa shape index (κ2) is 4.18. The minimum absolute atomic E-state index is 0.124. The molecule has 70 valence electrons. The average molecular weight is 172 g/mol. The molecule has 5 nitrogen and oxygen atoms in total. The predicted molar refractivity (Wildman–Crippen MR) is 46.9 cm³/mol. The first-order chi connectivity index (χ1) is 5.74. The molecule has 0 unspecified atom stereocenters. The molecule has 0 aliphatic carbocycles. The Balaban J connectivity index is 2.53. The fourth-order valence-corrected chi connectivity index (χ4v) is 1.17. The summed E-state index contributed by atoms with van der Waals surface area (Å²) >= 11 is 0. The van der Waals surface area contributed by atoms with E-state index < -0.39 is 0 Å². The second-order valence-electron chi connectivity index (χ2n) is 2.89. The first-order valence-corrected chi connectivity index (χ1v) is 4.00. The maximum Gasteiger partial charge on any atom is 0.119 e. The summed E-state index contributed by atoms with van der Waals surface area (Å²) in [5.41, 5.74) is 6.60. The number of rotatable bonds is 2. The highest BCUT2D eigenvalue weighted by atomic mass is 16.3. The van der Waals surface area contributed by atoms with Gasteiger partial charge in [-0.2, -0.15) is 0 Å². The fraction of sp³-hybridized carbons (Fsp3) is 0.714. The minimum atomic E-state index is -0.124. The van der Waals surface area contributed by atoms with Gasteiger partial charge in [0.1, 0.15) is 12.6 Å². The number of likely N-dealkylation sites (N-methyl/N-ethyl adjacent to an activating group) is 1. The third kappa shape index (κ3) is 2.28. The van der Waals surface area contributed by atoms with Crippen LogP contribution < -0.4 is 16.4 Å². The van der Waals surface area contributed by atoms with Crippen LogP contribution in [0.4, 0.5) is 0 Å². The topological polar surface area (TPSA) is 73.5 Å². The van der Waals surface area contributed by atoms with Gasteiger partial charge in [-0.3, -0.25) is 4.90 Å². The Morgan fingerprint density at radius 3 is 3.17 bits per heavy atom. The maximum atomic E-state index is 8.57. The van der Waals surface area contributed by atoms with Crippen LogP contribution in [0.25, 0.3) is 0 Å². The van der Waals surface area contributed by atoms with Gasteiger partial charge in [-0.05, 0) is 7.05 Å². The van der Waals surface area contributed by atoms with E-state index in [4.69, 9.17) is 10.8 Å². The molecule has 5 heteroatoms. The summed E-state index contributed by atoms with van der Waals surface area (Å²) in [6, 6.07) is 0. The SMILES string of the molecule is CN1CCN/C(=C(/N)NCO)C1. The molecule has 12 heavy (non-hydrogen) atoms. The van der Waals surface area contributed by atoms with Gasteiger partial charge in [-0.1, -0.05) is 0 Å². The standard InChI is InChI=1S/C7H16N4O/c1-11-3-2-9-6(4-11)7(8)10-5-12/h9-10,12H,2-5,8H2,1H3/b7-6-. The van der Waals surface area contributed by atoms with Gasteiger partial charge in [0.15, 0.2) is 0 Å². The summed E-state index contributed by atoms with van der Waals surface area (Å²) in [5.74, 6) is 0.532. The lowest BCUT2D eigenvalue weighted by atomic mass is 10.3. The van der Waals surface area contributed by atoms with Crippen molar-refractivity contribution in [1.82, 2.24) is 15.5 Å². The minimum Gasteiger partial charge on any atom is -0.384 e. The van der Waals surface area contributed by atoms with Crippen molar-refractivity contribution in [3.05, 3.63) is 11.5 Å². The van der Waals surface area contributed by atoms with Crippen LogP contribution in [0.1, 0.15) is 0 Å². The van der Waals surface area contributed by atoms with Gasteiger partial charge in [-0.25, -0.2) is 0 Å². The molecule has 0 atom stereocenters. The first-order valence-electron chi connectivity index (χ1n) is 4.00. The molecule has 0 aromatic rings. The summed E-state index contributed by atoms with van der Waals surface area (Å²) in [6.07, 6.45) is 0. The van der Waals surface area contributed by atoms with Crippen LogP contribution in [0.3, 0.4) is 0 Å². The Morgan fingerprint density at radius 2 is 2.58 bits per heavy atom. The molecule has 0 saturated carbocycles. The Kier molecular flexibility index (Phi) is 3.19. The van der Waals surface area contributed by atoms with Crippen LogP contribution in [0.15, 0.2) is 11.5 Å². The normalized spacial score (nSPS) is 23.2. The Bertz CT molecular complexity index is 180. The maximum absolute atomic E-state index is 8.57. The third-order valence-electron chi connectivity index (χ3n) is 1.85. The molecule has 0 amide bonds. The Morgan fingerprint density at radius 1 is 1.83 bits per heavy atom. The van der Waals surface area contributed by atoms with Gasteiger partial charge in [0.25, 0.3) is 0 Å². The number of nitrogens with one attached hydrogen (secondary N) is 2.